The van der Waals surface area contributed by atoms with Gasteiger partial charge in [0.1, 0.15) is 4.58 Å². The highest BCUT2D eigenvalue weighted by Crippen LogP contribution is 2.25. The Kier molecular flexibility index (Phi) is 1.98. The monoisotopic (exact) mass is 198 g/mol. The van der Waals surface area contributed by atoms with E-state index in [1.165, 1.54) is 0 Å². The lowest BCUT2D eigenvalue weighted by atomic mass is 10.5. The Morgan fingerprint density at radius 3 is 2.92 bits per heavy atom. The molecule has 0 atom stereocenters. The van der Waals surface area contributed by atoms with E-state index in [-0.39, 0.29) is 4.58 Å². The summed E-state index contributed by atoms with van der Waals surface area (Å²) >= 11 is 8.16. The van der Waals surface area contributed by atoms with Gasteiger partial charge in [-0.25, -0.2) is 4.98 Å². The Morgan fingerprint density at radius 2 is 2.25 bits per heavy atom. The summed E-state index contributed by atoms with van der Waals surface area (Å²) < 4.78 is 5.01. The van der Waals surface area contributed by atoms with Crippen LogP contribution >= 0.6 is 25.3 Å². The van der Waals surface area contributed by atoms with Gasteiger partial charge in [0.15, 0.2) is 11.2 Å². The second-order valence-corrected chi connectivity index (χ2v) is 3.69. The smallest absolute Gasteiger partial charge is 0.219 e. The van der Waals surface area contributed by atoms with Gasteiger partial charge in [-0.2, -0.15) is 30.2 Å². The third kappa shape index (κ3) is 1.30. The third-order valence-electron chi connectivity index (χ3n) is 1.40. The molecule has 0 aliphatic heterocycles. The van der Waals surface area contributed by atoms with E-state index in [1.54, 1.807) is 12.3 Å². The van der Waals surface area contributed by atoms with Crippen molar-refractivity contribution in [3.8, 4) is 0 Å². The number of thiol groups is 2. The van der Waals surface area contributed by atoms with E-state index in [9.17, 15) is 0 Å². The summed E-state index contributed by atoms with van der Waals surface area (Å²) in [5.74, 6) is 0.482. The number of aromatic nitrogens is 2. The second-order valence-electron chi connectivity index (χ2n) is 2.25. The molecule has 2 heterocycles. The zero-order valence-electron chi connectivity index (χ0n) is 6.01. The van der Waals surface area contributed by atoms with E-state index < -0.39 is 0 Å². The van der Waals surface area contributed by atoms with Gasteiger partial charge in [-0.3, -0.25) is 0 Å². The first kappa shape index (κ1) is 7.94. The molecule has 2 aromatic rings. The summed E-state index contributed by atoms with van der Waals surface area (Å²) in [6.07, 6.45) is 1.67. The summed E-state index contributed by atoms with van der Waals surface area (Å²) in [4.78, 5) is 8.09. The Morgan fingerprint density at radius 1 is 1.42 bits per heavy atom. The van der Waals surface area contributed by atoms with Crippen LogP contribution in [0.2, 0.25) is 0 Å². The van der Waals surface area contributed by atoms with Crippen LogP contribution in [0.5, 0.6) is 0 Å². The number of fused-ring (bicyclic) bond motifs is 1. The van der Waals surface area contributed by atoms with E-state index in [0.717, 1.165) is 0 Å². The average Bonchev–Trinajstić information content (AvgIpc) is 2.46. The molecule has 12 heavy (non-hydrogen) atoms. The normalized spacial score (nSPS) is 11.2. The molecule has 0 spiro atoms. The topological polar surface area (TPSA) is 38.9 Å². The Bertz CT molecular complexity index is 366. The van der Waals surface area contributed by atoms with Crippen LogP contribution in [-0.4, -0.2) is 9.97 Å². The number of hydrogen-bond donors (Lipinski definition) is 2. The van der Waals surface area contributed by atoms with Crippen molar-refractivity contribution in [1.29, 1.82) is 0 Å². The van der Waals surface area contributed by atoms with Gasteiger partial charge in [0.25, 0.3) is 0 Å². The molecule has 2 aromatic heterocycles. The Hall–Kier alpha value is -0.680. The molecule has 3 nitrogen and oxygen atoms in total. The highest BCUT2D eigenvalue weighted by molar-refractivity contribution is 7.98. The minimum absolute atomic E-state index is 0.292. The highest BCUT2D eigenvalue weighted by Gasteiger charge is 2.09. The van der Waals surface area contributed by atoms with Crippen molar-refractivity contribution >= 4 is 36.5 Å². The largest absolute Gasteiger partial charge is 0.437 e. The molecule has 0 saturated carbocycles. The number of nitrogens with zero attached hydrogens (tertiary/aromatic N) is 2. The standard InChI is InChI=1S/C7H6N2OS2/c11-7(12)6-9-5-4(10-6)2-1-3-8-5/h1-3,7,11-12H. The third-order valence-corrected chi connectivity index (χ3v) is 1.84. The fourth-order valence-electron chi connectivity index (χ4n) is 0.896. The minimum atomic E-state index is -0.292. The van der Waals surface area contributed by atoms with E-state index >= 15 is 0 Å². The van der Waals surface area contributed by atoms with E-state index in [1.807, 2.05) is 6.07 Å². The first-order valence-corrected chi connectivity index (χ1v) is 4.38. The van der Waals surface area contributed by atoms with Gasteiger partial charge in [-0.05, 0) is 12.1 Å². The summed E-state index contributed by atoms with van der Waals surface area (Å²) in [5.41, 5.74) is 1.27. The van der Waals surface area contributed by atoms with Crippen LogP contribution in [0.1, 0.15) is 10.5 Å². The number of hydrogen-bond acceptors (Lipinski definition) is 5. The molecule has 0 aliphatic carbocycles. The molecular formula is C7H6N2OS2. The molecule has 0 amide bonds. The van der Waals surface area contributed by atoms with Crippen LogP contribution in [0.4, 0.5) is 0 Å². The summed E-state index contributed by atoms with van der Waals surface area (Å²) in [5, 5.41) is 0. The van der Waals surface area contributed by atoms with E-state index in [0.29, 0.717) is 17.1 Å². The molecule has 0 radical (unpaired) electrons. The molecule has 0 aromatic carbocycles. The maximum Gasteiger partial charge on any atom is 0.219 e. The molecule has 5 heteroatoms. The first-order chi connectivity index (χ1) is 5.77. The van der Waals surface area contributed by atoms with Crippen molar-refractivity contribution in [3.05, 3.63) is 24.2 Å². The molecule has 0 fully saturated rings. The van der Waals surface area contributed by atoms with E-state index in [4.69, 9.17) is 4.42 Å². The zero-order valence-corrected chi connectivity index (χ0v) is 7.80. The average molecular weight is 198 g/mol. The van der Waals surface area contributed by atoms with Gasteiger partial charge in [0.2, 0.25) is 5.89 Å². The molecule has 0 bridgehead atoms. The van der Waals surface area contributed by atoms with Gasteiger partial charge < -0.3 is 4.42 Å². The molecule has 0 unspecified atom stereocenters. The molecule has 0 aliphatic rings. The number of oxazole rings is 1. The molecular weight excluding hydrogens is 192 g/mol. The van der Waals surface area contributed by atoms with Crippen molar-refractivity contribution < 1.29 is 4.42 Å². The van der Waals surface area contributed by atoms with Gasteiger partial charge in [-0.1, -0.05) is 0 Å². The minimum Gasteiger partial charge on any atom is -0.437 e. The van der Waals surface area contributed by atoms with Gasteiger partial charge in [0, 0.05) is 6.20 Å². The lowest BCUT2D eigenvalue weighted by molar-refractivity contribution is 0.554. The Labute approximate surface area is 80.0 Å². The summed E-state index contributed by atoms with van der Waals surface area (Å²) in [6, 6.07) is 3.60. The summed E-state index contributed by atoms with van der Waals surface area (Å²) in [7, 11) is 0. The molecule has 0 N–H and O–H groups in total. The van der Waals surface area contributed by atoms with Gasteiger partial charge in [-0.15, -0.1) is 0 Å². The van der Waals surface area contributed by atoms with Crippen molar-refractivity contribution in [2.75, 3.05) is 0 Å². The maximum atomic E-state index is 5.30. The lowest BCUT2D eigenvalue weighted by Crippen LogP contribution is -1.79. The first-order valence-electron chi connectivity index (χ1n) is 3.35. The van der Waals surface area contributed by atoms with Crippen molar-refractivity contribution in [2.24, 2.45) is 0 Å². The SMILES string of the molecule is SC(S)c1nc2ncccc2o1. The molecule has 0 saturated heterocycles. The predicted molar refractivity (Wildman–Crippen MR) is 52.5 cm³/mol. The maximum absolute atomic E-state index is 5.30. The van der Waals surface area contributed by atoms with Crippen LogP contribution in [0.15, 0.2) is 22.7 Å². The fourth-order valence-corrected chi connectivity index (χ4v) is 1.12. The highest BCUT2D eigenvalue weighted by atomic mass is 32.2. The molecule has 2 rings (SSSR count). The number of pyridine rings is 1. The van der Waals surface area contributed by atoms with Gasteiger partial charge >= 0.3 is 0 Å². The van der Waals surface area contributed by atoms with Crippen LogP contribution in [0.25, 0.3) is 11.2 Å². The van der Waals surface area contributed by atoms with Crippen LogP contribution in [0, 0.1) is 0 Å². The van der Waals surface area contributed by atoms with Crippen molar-refractivity contribution in [1.82, 2.24) is 9.97 Å². The van der Waals surface area contributed by atoms with E-state index in [2.05, 4.69) is 35.2 Å². The van der Waals surface area contributed by atoms with Crippen LogP contribution < -0.4 is 0 Å². The fraction of sp³-hybridized carbons (Fsp3) is 0.143. The van der Waals surface area contributed by atoms with Crippen LogP contribution in [-0.2, 0) is 0 Å². The van der Waals surface area contributed by atoms with Crippen LogP contribution in [0.3, 0.4) is 0 Å². The van der Waals surface area contributed by atoms with Crippen molar-refractivity contribution in [2.45, 2.75) is 4.58 Å². The van der Waals surface area contributed by atoms with Crippen molar-refractivity contribution in [3.63, 3.8) is 0 Å². The summed E-state index contributed by atoms with van der Waals surface area (Å²) in [6.45, 7) is 0. The molecule has 62 valence electrons. The second kappa shape index (κ2) is 2.99. The number of rotatable bonds is 1. The van der Waals surface area contributed by atoms with Gasteiger partial charge in [0.05, 0.1) is 0 Å². The predicted octanol–water partition coefficient (Wildman–Crippen LogP) is 2.08. The lowest BCUT2D eigenvalue weighted by Gasteiger charge is -1.91. The quantitative estimate of drug-likeness (QED) is 0.544. The Balaban J connectivity index is 2.62. The zero-order chi connectivity index (χ0) is 8.55.